The Kier molecular flexibility index (Phi) is 11.9. The molecule has 1 unspecified atom stereocenters. The molecule has 1 rings (SSSR count). The summed E-state index contributed by atoms with van der Waals surface area (Å²) < 4.78 is 45.2. The third kappa shape index (κ3) is 8.81. The molecule has 5 heteroatoms. The van der Waals surface area contributed by atoms with Crippen LogP contribution in [0.3, 0.4) is 0 Å². The van der Waals surface area contributed by atoms with Crippen molar-refractivity contribution in [3.63, 3.8) is 0 Å². The Morgan fingerprint density at radius 1 is 0.852 bits per heavy atom. The van der Waals surface area contributed by atoms with Crippen molar-refractivity contribution in [2.75, 3.05) is 0 Å². The average molecular weight is 386 g/mol. The molecule has 0 aliphatic rings. The molecule has 0 saturated heterocycles. The van der Waals surface area contributed by atoms with Gasteiger partial charge in [0.1, 0.15) is 6.10 Å². The summed E-state index contributed by atoms with van der Waals surface area (Å²) in [7, 11) is 0. The molecule has 1 aromatic carbocycles. The lowest BCUT2D eigenvalue weighted by Crippen LogP contribution is -2.19. The normalized spacial score (nSPS) is 12.2. The molecule has 0 amide bonds. The first-order chi connectivity index (χ1) is 13.0. The van der Waals surface area contributed by atoms with Crippen molar-refractivity contribution in [2.45, 2.75) is 97.0 Å². The minimum atomic E-state index is -1.65. The topological polar surface area (TPSA) is 26.3 Å². The number of benzene rings is 1. The van der Waals surface area contributed by atoms with Gasteiger partial charge >= 0.3 is 5.97 Å². The Labute approximate surface area is 161 Å². The SMILES string of the molecule is CCCCCCCCCCCCC(CC)OC(=O)c1ccc(F)c(F)c1F. The van der Waals surface area contributed by atoms with E-state index in [-0.39, 0.29) is 6.10 Å². The second-order valence-corrected chi connectivity index (χ2v) is 7.13. The number of carbonyl (C=O) groups is 1. The smallest absolute Gasteiger partial charge is 0.341 e. The van der Waals surface area contributed by atoms with Crippen LogP contribution in [0.15, 0.2) is 12.1 Å². The van der Waals surface area contributed by atoms with Crippen molar-refractivity contribution in [2.24, 2.45) is 0 Å². The number of hydrogen-bond donors (Lipinski definition) is 0. The molecule has 0 aliphatic carbocycles. The monoisotopic (exact) mass is 386 g/mol. The van der Waals surface area contributed by atoms with E-state index in [1.165, 1.54) is 44.9 Å². The molecule has 0 heterocycles. The fourth-order valence-corrected chi connectivity index (χ4v) is 3.10. The lowest BCUT2D eigenvalue weighted by Gasteiger charge is -2.16. The largest absolute Gasteiger partial charge is 0.459 e. The second kappa shape index (κ2) is 13.6. The average Bonchev–Trinajstić information content (AvgIpc) is 2.66. The van der Waals surface area contributed by atoms with Gasteiger partial charge in [-0.15, -0.1) is 0 Å². The van der Waals surface area contributed by atoms with Gasteiger partial charge in [0.25, 0.3) is 0 Å². The molecule has 0 N–H and O–H groups in total. The lowest BCUT2D eigenvalue weighted by molar-refractivity contribution is 0.0260. The summed E-state index contributed by atoms with van der Waals surface area (Å²) in [5, 5.41) is 0. The Morgan fingerprint density at radius 3 is 1.96 bits per heavy atom. The molecule has 1 atom stereocenters. The van der Waals surface area contributed by atoms with Crippen LogP contribution in [0.25, 0.3) is 0 Å². The van der Waals surface area contributed by atoms with Crippen LogP contribution in [0.1, 0.15) is 101 Å². The van der Waals surface area contributed by atoms with Crippen LogP contribution >= 0.6 is 0 Å². The standard InChI is InChI=1S/C22H33F3O2/c1-3-5-6-7-8-9-10-11-12-13-14-17(4-2)27-22(26)18-15-16-19(23)21(25)20(18)24/h15-17H,3-14H2,1-2H3. The van der Waals surface area contributed by atoms with Crippen LogP contribution in [-0.2, 0) is 4.74 Å². The van der Waals surface area contributed by atoms with E-state index in [2.05, 4.69) is 6.92 Å². The van der Waals surface area contributed by atoms with Gasteiger partial charge in [-0.25, -0.2) is 18.0 Å². The quantitative estimate of drug-likeness (QED) is 0.190. The molecule has 0 aliphatic heterocycles. The molecule has 2 nitrogen and oxygen atoms in total. The molecule has 0 fully saturated rings. The maximum atomic E-state index is 13.7. The van der Waals surface area contributed by atoms with Crippen LogP contribution in [0, 0.1) is 17.5 Å². The van der Waals surface area contributed by atoms with Gasteiger partial charge < -0.3 is 4.74 Å². The zero-order chi connectivity index (χ0) is 20.1. The van der Waals surface area contributed by atoms with Crippen molar-refractivity contribution in [1.29, 1.82) is 0 Å². The Hall–Kier alpha value is -1.52. The van der Waals surface area contributed by atoms with Crippen molar-refractivity contribution in [3.05, 3.63) is 35.1 Å². The van der Waals surface area contributed by atoms with E-state index in [0.717, 1.165) is 31.4 Å². The molecular weight excluding hydrogens is 353 g/mol. The number of rotatable bonds is 14. The van der Waals surface area contributed by atoms with Crippen LogP contribution in [0.2, 0.25) is 0 Å². The van der Waals surface area contributed by atoms with Crippen LogP contribution in [0.4, 0.5) is 13.2 Å². The first kappa shape index (κ1) is 23.5. The van der Waals surface area contributed by atoms with Crippen LogP contribution in [-0.4, -0.2) is 12.1 Å². The van der Waals surface area contributed by atoms with Crippen molar-refractivity contribution >= 4 is 5.97 Å². The van der Waals surface area contributed by atoms with Gasteiger partial charge in [0.2, 0.25) is 0 Å². The highest BCUT2D eigenvalue weighted by molar-refractivity contribution is 5.89. The van der Waals surface area contributed by atoms with E-state index in [4.69, 9.17) is 4.74 Å². The van der Waals surface area contributed by atoms with Gasteiger partial charge in [0.15, 0.2) is 17.5 Å². The second-order valence-electron chi connectivity index (χ2n) is 7.13. The lowest BCUT2D eigenvalue weighted by atomic mass is 10.0. The predicted molar refractivity (Wildman–Crippen MR) is 102 cm³/mol. The van der Waals surface area contributed by atoms with Crippen LogP contribution in [0.5, 0.6) is 0 Å². The van der Waals surface area contributed by atoms with Gasteiger partial charge in [-0.05, 0) is 31.4 Å². The van der Waals surface area contributed by atoms with Gasteiger partial charge in [-0.3, -0.25) is 0 Å². The van der Waals surface area contributed by atoms with Gasteiger partial charge in [-0.1, -0.05) is 71.6 Å². The molecular formula is C22H33F3O2. The zero-order valence-electron chi connectivity index (χ0n) is 16.7. The predicted octanol–water partition coefficient (Wildman–Crippen LogP) is 7.35. The van der Waals surface area contributed by atoms with Crippen LogP contribution < -0.4 is 0 Å². The Bertz CT molecular complexity index is 561. The molecule has 0 radical (unpaired) electrons. The van der Waals surface area contributed by atoms with E-state index in [9.17, 15) is 18.0 Å². The summed E-state index contributed by atoms with van der Waals surface area (Å²) in [5.41, 5.74) is -0.560. The van der Waals surface area contributed by atoms with Gasteiger partial charge in [0, 0.05) is 0 Å². The minimum absolute atomic E-state index is 0.334. The number of esters is 1. The maximum absolute atomic E-state index is 13.7. The highest BCUT2D eigenvalue weighted by atomic mass is 19.2. The summed E-state index contributed by atoms with van der Waals surface area (Å²) in [4.78, 5) is 12.0. The van der Waals surface area contributed by atoms with E-state index in [1.54, 1.807) is 0 Å². The third-order valence-corrected chi connectivity index (χ3v) is 4.86. The van der Waals surface area contributed by atoms with Crippen molar-refractivity contribution in [3.8, 4) is 0 Å². The molecule has 154 valence electrons. The van der Waals surface area contributed by atoms with E-state index in [0.29, 0.717) is 12.8 Å². The molecule has 0 bridgehead atoms. The van der Waals surface area contributed by atoms with Gasteiger partial charge in [0.05, 0.1) is 5.56 Å². The van der Waals surface area contributed by atoms with E-state index >= 15 is 0 Å². The first-order valence-electron chi connectivity index (χ1n) is 10.4. The number of halogens is 3. The van der Waals surface area contributed by atoms with Gasteiger partial charge in [-0.2, -0.15) is 0 Å². The zero-order valence-corrected chi connectivity index (χ0v) is 16.7. The molecule has 0 spiro atoms. The van der Waals surface area contributed by atoms with Crippen molar-refractivity contribution < 1.29 is 22.7 Å². The number of hydrogen-bond acceptors (Lipinski definition) is 2. The summed E-state index contributed by atoms with van der Waals surface area (Å²) in [6.45, 7) is 4.10. The Morgan fingerprint density at radius 2 is 1.41 bits per heavy atom. The number of unbranched alkanes of at least 4 members (excludes halogenated alkanes) is 9. The summed E-state index contributed by atoms with van der Waals surface area (Å²) in [6.07, 6.45) is 13.2. The maximum Gasteiger partial charge on any atom is 0.341 e. The molecule has 0 aromatic heterocycles. The summed E-state index contributed by atoms with van der Waals surface area (Å²) in [5.74, 6) is -5.40. The molecule has 1 aromatic rings. The highest BCUT2D eigenvalue weighted by Crippen LogP contribution is 2.19. The fourth-order valence-electron chi connectivity index (χ4n) is 3.10. The van der Waals surface area contributed by atoms with E-state index in [1.807, 2.05) is 6.92 Å². The van der Waals surface area contributed by atoms with Crippen molar-refractivity contribution in [1.82, 2.24) is 0 Å². The number of ether oxygens (including phenoxy) is 1. The number of carbonyl (C=O) groups excluding carboxylic acids is 1. The van der Waals surface area contributed by atoms with E-state index < -0.39 is 29.0 Å². The molecule has 0 saturated carbocycles. The first-order valence-corrected chi connectivity index (χ1v) is 10.4. The Balaban J connectivity index is 2.25. The minimum Gasteiger partial charge on any atom is -0.459 e. The highest BCUT2D eigenvalue weighted by Gasteiger charge is 2.22. The summed E-state index contributed by atoms with van der Waals surface area (Å²) >= 11 is 0. The summed E-state index contributed by atoms with van der Waals surface area (Å²) in [6, 6.07) is 1.65. The molecule has 27 heavy (non-hydrogen) atoms. The fraction of sp³-hybridized carbons (Fsp3) is 0.682. The third-order valence-electron chi connectivity index (χ3n) is 4.86.